The third kappa shape index (κ3) is 3.91. The molecule has 20 heavy (non-hydrogen) atoms. The van der Waals surface area contributed by atoms with Crippen LogP contribution < -0.4 is 10.6 Å². The molecule has 1 saturated heterocycles. The zero-order chi connectivity index (χ0) is 14.0. The molecule has 2 rings (SSSR count). The van der Waals surface area contributed by atoms with Gasteiger partial charge in [0.15, 0.2) is 0 Å². The van der Waals surface area contributed by atoms with Crippen LogP contribution in [0.1, 0.15) is 34.3 Å². The fraction of sp³-hybridized carbons (Fsp3) is 0.583. The Morgan fingerprint density at radius 2 is 2.30 bits per heavy atom. The average Bonchev–Trinajstić information content (AvgIpc) is 2.71. The molecule has 2 atom stereocenters. The van der Waals surface area contributed by atoms with Gasteiger partial charge in [-0.1, -0.05) is 0 Å². The fourth-order valence-corrected chi connectivity index (χ4v) is 3.18. The van der Waals surface area contributed by atoms with E-state index >= 15 is 0 Å². The van der Waals surface area contributed by atoms with Crippen LogP contribution in [0.3, 0.4) is 0 Å². The molecule has 1 aliphatic heterocycles. The van der Waals surface area contributed by atoms with Crippen LogP contribution in [0, 0.1) is 17.0 Å². The maximum Gasteiger partial charge on any atom is 0.283 e. The molecule has 0 saturated carbocycles. The van der Waals surface area contributed by atoms with Crippen molar-refractivity contribution in [3.05, 3.63) is 25.9 Å². The van der Waals surface area contributed by atoms with E-state index in [1.54, 1.807) is 6.92 Å². The van der Waals surface area contributed by atoms with Gasteiger partial charge < -0.3 is 10.6 Å². The number of nitrogens with one attached hydrogen (secondary N) is 2. The van der Waals surface area contributed by atoms with Gasteiger partial charge in [0.2, 0.25) is 0 Å². The van der Waals surface area contributed by atoms with Crippen LogP contribution in [0.5, 0.6) is 0 Å². The number of nitro groups is 1. The summed E-state index contributed by atoms with van der Waals surface area (Å²) in [5.74, 6) is -0.208. The highest BCUT2D eigenvalue weighted by molar-refractivity contribution is 7.14. The first kappa shape index (κ1) is 16.9. The number of halogens is 1. The van der Waals surface area contributed by atoms with Gasteiger partial charge in [0.1, 0.15) is 0 Å². The maximum absolute atomic E-state index is 12.1. The van der Waals surface area contributed by atoms with Crippen molar-refractivity contribution in [3.63, 3.8) is 0 Å². The lowest BCUT2D eigenvalue weighted by molar-refractivity contribution is -0.385. The summed E-state index contributed by atoms with van der Waals surface area (Å²) in [6.45, 7) is 4.63. The summed E-state index contributed by atoms with van der Waals surface area (Å²) in [7, 11) is 0. The van der Waals surface area contributed by atoms with E-state index in [1.807, 2.05) is 0 Å². The molecule has 1 aromatic heterocycles. The summed E-state index contributed by atoms with van der Waals surface area (Å²) in [6, 6.07) is 1.89. The third-order valence-corrected chi connectivity index (χ3v) is 4.31. The van der Waals surface area contributed by atoms with Gasteiger partial charge in [0, 0.05) is 18.2 Å². The Balaban J connectivity index is 0.00000200. The number of hydrogen-bond acceptors (Lipinski definition) is 5. The average molecular weight is 320 g/mol. The summed E-state index contributed by atoms with van der Waals surface area (Å²) in [5.41, 5.74) is 0.0221. The molecule has 0 radical (unpaired) electrons. The zero-order valence-electron chi connectivity index (χ0n) is 11.3. The molecule has 112 valence electrons. The van der Waals surface area contributed by atoms with Crippen LogP contribution >= 0.6 is 23.7 Å². The minimum absolute atomic E-state index is 0. The van der Waals surface area contributed by atoms with Crippen molar-refractivity contribution < 1.29 is 9.72 Å². The number of thiophene rings is 1. The molecule has 2 N–H and O–H groups in total. The number of piperidine rings is 1. The molecule has 1 aromatic rings. The topological polar surface area (TPSA) is 84.3 Å². The zero-order valence-corrected chi connectivity index (χ0v) is 13.0. The van der Waals surface area contributed by atoms with Gasteiger partial charge in [0.05, 0.1) is 14.7 Å². The molecular formula is C12H18ClN3O3S. The SMILES string of the molecule is Cc1sc(C(=O)NC2CCNC(C)C2)cc1[N+](=O)[O-].Cl. The van der Waals surface area contributed by atoms with E-state index in [0.717, 1.165) is 19.4 Å². The third-order valence-electron chi connectivity index (χ3n) is 3.27. The van der Waals surface area contributed by atoms with Crippen molar-refractivity contribution in [2.75, 3.05) is 6.54 Å². The molecule has 0 aliphatic carbocycles. The van der Waals surface area contributed by atoms with Gasteiger partial charge in [-0.3, -0.25) is 14.9 Å². The van der Waals surface area contributed by atoms with Crippen LogP contribution in [0.4, 0.5) is 5.69 Å². The van der Waals surface area contributed by atoms with Gasteiger partial charge in [-0.15, -0.1) is 23.7 Å². The number of carbonyl (C=O) groups excluding carboxylic acids is 1. The van der Waals surface area contributed by atoms with Crippen molar-refractivity contribution in [1.29, 1.82) is 0 Å². The van der Waals surface area contributed by atoms with Gasteiger partial charge in [-0.2, -0.15) is 0 Å². The molecule has 2 heterocycles. The number of carbonyl (C=O) groups is 1. The number of amides is 1. The van der Waals surface area contributed by atoms with Gasteiger partial charge in [-0.05, 0) is 33.2 Å². The highest BCUT2D eigenvalue weighted by atomic mass is 35.5. The lowest BCUT2D eigenvalue weighted by Gasteiger charge is -2.28. The van der Waals surface area contributed by atoms with Crippen LogP contribution in [0.2, 0.25) is 0 Å². The van der Waals surface area contributed by atoms with Gasteiger partial charge in [-0.25, -0.2) is 0 Å². The van der Waals surface area contributed by atoms with E-state index in [9.17, 15) is 14.9 Å². The Labute approximate surface area is 127 Å². The first-order valence-electron chi connectivity index (χ1n) is 6.26. The minimum atomic E-state index is -0.449. The summed E-state index contributed by atoms with van der Waals surface area (Å²) in [5, 5.41) is 17.0. The van der Waals surface area contributed by atoms with E-state index in [1.165, 1.54) is 17.4 Å². The van der Waals surface area contributed by atoms with E-state index in [2.05, 4.69) is 17.6 Å². The van der Waals surface area contributed by atoms with Crippen molar-refractivity contribution in [2.24, 2.45) is 0 Å². The van der Waals surface area contributed by atoms with E-state index in [-0.39, 0.29) is 30.0 Å². The number of aryl methyl sites for hydroxylation is 1. The molecule has 1 amide bonds. The molecular weight excluding hydrogens is 302 g/mol. The van der Waals surface area contributed by atoms with Crippen molar-refractivity contribution in [2.45, 2.75) is 38.8 Å². The van der Waals surface area contributed by atoms with E-state index < -0.39 is 4.92 Å². The number of nitrogens with zero attached hydrogens (tertiary/aromatic N) is 1. The Morgan fingerprint density at radius 3 is 2.85 bits per heavy atom. The lowest BCUT2D eigenvalue weighted by atomic mass is 10.0. The number of hydrogen-bond donors (Lipinski definition) is 2. The molecule has 1 fully saturated rings. The van der Waals surface area contributed by atoms with Crippen molar-refractivity contribution in [1.82, 2.24) is 10.6 Å². The van der Waals surface area contributed by atoms with Crippen LogP contribution in [0.25, 0.3) is 0 Å². The van der Waals surface area contributed by atoms with Crippen LogP contribution in [0.15, 0.2) is 6.07 Å². The van der Waals surface area contributed by atoms with Gasteiger partial charge >= 0.3 is 0 Å². The summed E-state index contributed by atoms with van der Waals surface area (Å²) in [4.78, 5) is 23.4. The maximum atomic E-state index is 12.1. The van der Waals surface area contributed by atoms with Crippen molar-refractivity contribution in [3.8, 4) is 0 Å². The van der Waals surface area contributed by atoms with Crippen LogP contribution in [-0.4, -0.2) is 29.5 Å². The smallest absolute Gasteiger partial charge is 0.283 e. The highest BCUT2D eigenvalue weighted by Gasteiger charge is 2.23. The first-order valence-corrected chi connectivity index (χ1v) is 7.08. The second-order valence-electron chi connectivity index (χ2n) is 4.86. The predicted molar refractivity (Wildman–Crippen MR) is 80.9 cm³/mol. The normalized spacial score (nSPS) is 21.9. The molecule has 0 bridgehead atoms. The molecule has 2 unspecified atom stereocenters. The molecule has 1 aliphatic rings. The van der Waals surface area contributed by atoms with E-state index in [4.69, 9.17) is 0 Å². The summed E-state index contributed by atoms with van der Waals surface area (Å²) in [6.07, 6.45) is 1.78. The second-order valence-corrected chi connectivity index (χ2v) is 6.12. The van der Waals surface area contributed by atoms with Gasteiger partial charge in [0.25, 0.3) is 11.6 Å². The van der Waals surface area contributed by atoms with Crippen molar-refractivity contribution >= 4 is 35.3 Å². The largest absolute Gasteiger partial charge is 0.348 e. The Morgan fingerprint density at radius 1 is 1.60 bits per heavy atom. The standard InChI is InChI=1S/C12H17N3O3S.ClH/c1-7-5-9(3-4-13-7)14-12(16)11-6-10(15(17)18)8(2)19-11;/h6-7,9,13H,3-5H2,1-2H3,(H,14,16);1H. The fourth-order valence-electron chi connectivity index (χ4n) is 2.29. The molecule has 0 aromatic carbocycles. The molecule has 0 spiro atoms. The molecule has 6 nitrogen and oxygen atoms in total. The Hall–Kier alpha value is -1.18. The quantitative estimate of drug-likeness (QED) is 0.661. The first-order chi connectivity index (χ1) is 8.97. The monoisotopic (exact) mass is 319 g/mol. The predicted octanol–water partition coefficient (Wildman–Crippen LogP) is 2.26. The summed E-state index contributed by atoms with van der Waals surface area (Å²) >= 11 is 1.17. The Kier molecular flexibility index (Phi) is 5.91. The second kappa shape index (κ2) is 7.01. The lowest BCUT2D eigenvalue weighted by Crippen LogP contribution is -2.46. The minimum Gasteiger partial charge on any atom is -0.348 e. The van der Waals surface area contributed by atoms with E-state index in [0.29, 0.717) is 15.8 Å². The highest BCUT2D eigenvalue weighted by Crippen LogP contribution is 2.28. The molecule has 8 heteroatoms. The van der Waals surface area contributed by atoms with Crippen LogP contribution in [-0.2, 0) is 0 Å². The number of rotatable bonds is 3. The Bertz CT molecular complexity index is 506. The summed E-state index contributed by atoms with van der Waals surface area (Å²) < 4.78 is 0.